The number of amides is 1. The van der Waals surface area contributed by atoms with E-state index in [2.05, 4.69) is 10.3 Å². The third-order valence-electron chi connectivity index (χ3n) is 4.56. The van der Waals surface area contributed by atoms with Crippen molar-refractivity contribution in [1.29, 1.82) is 0 Å². The lowest BCUT2D eigenvalue weighted by Gasteiger charge is -2.27. The Kier molecular flexibility index (Phi) is 6.60. The first-order valence-electron chi connectivity index (χ1n) is 9.50. The van der Waals surface area contributed by atoms with Crippen LogP contribution in [0.1, 0.15) is 31.7 Å². The predicted octanol–water partition coefficient (Wildman–Crippen LogP) is 5.07. The molecular formula is C23H25ClN2O3. The van der Waals surface area contributed by atoms with Gasteiger partial charge in [0.1, 0.15) is 5.75 Å². The first-order valence-corrected chi connectivity index (χ1v) is 9.88. The number of carbonyl (C=O) groups is 1. The molecule has 0 radical (unpaired) electrons. The summed E-state index contributed by atoms with van der Waals surface area (Å²) in [5.41, 5.74) is 1.51. The molecule has 152 valence electrons. The molecule has 29 heavy (non-hydrogen) atoms. The maximum absolute atomic E-state index is 12.4. The number of halogens is 1. The molecule has 1 aromatic heterocycles. The number of aromatic nitrogens is 1. The zero-order valence-corrected chi connectivity index (χ0v) is 17.6. The summed E-state index contributed by atoms with van der Waals surface area (Å²) in [5.74, 6) is 1.94. The number of rotatable bonds is 8. The Labute approximate surface area is 176 Å². The smallest absolute Gasteiger partial charge is 0.220 e. The molecule has 1 N–H and O–H groups in total. The number of nitrogens with one attached hydrogen (secondary N) is 1. The standard InChI is InChI=1S/C23H25ClN2O3/c1-23(2,14-17-6-4-5-7-19(17)24)26-21(27)12-13-22-25-15-20(29-22)16-8-10-18(28-3)11-9-16/h4-11,15H,12-14H2,1-3H3,(H,26,27). The summed E-state index contributed by atoms with van der Waals surface area (Å²) >= 11 is 6.24. The Balaban J connectivity index is 1.54. The molecule has 0 aliphatic heterocycles. The molecule has 0 saturated carbocycles. The van der Waals surface area contributed by atoms with Gasteiger partial charge >= 0.3 is 0 Å². The summed E-state index contributed by atoms with van der Waals surface area (Å²) in [5, 5.41) is 3.78. The molecule has 5 nitrogen and oxygen atoms in total. The van der Waals surface area contributed by atoms with Crippen molar-refractivity contribution in [2.24, 2.45) is 0 Å². The predicted molar refractivity (Wildman–Crippen MR) is 114 cm³/mol. The molecule has 0 fully saturated rings. The number of ether oxygens (including phenoxy) is 1. The van der Waals surface area contributed by atoms with Crippen LogP contribution >= 0.6 is 11.6 Å². The van der Waals surface area contributed by atoms with Crippen LogP contribution in [0.4, 0.5) is 0 Å². The third-order valence-corrected chi connectivity index (χ3v) is 4.93. The van der Waals surface area contributed by atoms with E-state index in [0.717, 1.165) is 16.9 Å². The van der Waals surface area contributed by atoms with E-state index in [0.29, 0.717) is 35.9 Å². The molecule has 0 atom stereocenters. The van der Waals surface area contributed by atoms with Crippen LogP contribution in [0, 0.1) is 0 Å². The fourth-order valence-corrected chi connectivity index (χ4v) is 3.34. The molecule has 0 unspecified atom stereocenters. The number of benzene rings is 2. The highest BCUT2D eigenvalue weighted by atomic mass is 35.5. The van der Waals surface area contributed by atoms with Crippen LogP contribution in [0.25, 0.3) is 11.3 Å². The molecule has 0 bridgehead atoms. The van der Waals surface area contributed by atoms with Crippen LogP contribution in [-0.2, 0) is 17.6 Å². The summed E-state index contributed by atoms with van der Waals surface area (Å²) in [6, 6.07) is 15.2. The van der Waals surface area contributed by atoms with Crippen molar-refractivity contribution in [2.45, 2.75) is 38.6 Å². The van der Waals surface area contributed by atoms with Crippen molar-refractivity contribution in [3.05, 3.63) is 71.2 Å². The average Bonchev–Trinajstić information content (AvgIpc) is 3.17. The molecular weight excluding hydrogens is 388 g/mol. The Morgan fingerprint density at radius 1 is 1.17 bits per heavy atom. The van der Waals surface area contributed by atoms with E-state index in [-0.39, 0.29) is 5.91 Å². The van der Waals surface area contributed by atoms with Crippen LogP contribution in [-0.4, -0.2) is 23.5 Å². The highest BCUT2D eigenvalue weighted by Crippen LogP contribution is 2.24. The molecule has 6 heteroatoms. The second-order valence-electron chi connectivity index (χ2n) is 7.55. The molecule has 3 rings (SSSR count). The van der Waals surface area contributed by atoms with E-state index in [1.165, 1.54) is 0 Å². The van der Waals surface area contributed by atoms with Gasteiger partial charge in [-0.05, 0) is 56.2 Å². The van der Waals surface area contributed by atoms with Gasteiger partial charge in [-0.15, -0.1) is 0 Å². The van der Waals surface area contributed by atoms with Gasteiger partial charge in [-0.1, -0.05) is 29.8 Å². The normalized spacial score (nSPS) is 11.3. The Bertz CT molecular complexity index is 964. The lowest BCUT2D eigenvalue weighted by atomic mass is 9.94. The van der Waals surface area contributed by atoms with E-state index in [1.54, 1.807) is 13.3 Å². The van der Waals surface area contributed by atoms with E-state index in [1.807, 2.05) is 62.4 Å². The number of hydrogen-bond acceptors (Lipinski definition) is 4. The third kappa shape index (κ3) is 5.84. The number of hydrogen-bond donors (Lipinski definition) is 1. The summed E-state index contributed by atoms with van der Waals surface area (Å²) in [6.07, 6.45) is 3.06. The van der Waals surface area contributed by atoms with Crippen molar-refractivity contribution in [3.63, 3.8) is 0 Å². The van der Waals surface area contributed by atoms with Crippen molar-refractivity contribution in [3.8, 4) is 17.1 Å². The zero-order chi connectivity index (χ0) is 20.9. The maximum Gasteiger partial charge on any atom is 0.220 e. The highest BCUT2D eigenvalue weighted by Gasteiger charge is 2.22. The van der Waals surface area contributed by atoms with Gasteiger partial charge in [-0.3, -0.25) is 4.79 Å². The van der Waals surface area contributed by atoms with Crippen LogP contribution in [0.2, 0.25) is 5.02 Å². The second kappa shape index (κ2) is 9.14. The molecule has 0 spiro atoms. The number of carbonyl (C=O) groups excluding carboxylic acids is 1. The Morgan fingerprint density at radius 3 is 2.59 bits per heavy atom. The van der Waals surface area contributed by atoms with E-state index >= 15 is 0 Å². The summed E-state index contributed by atoms with van der Waals surface area (Å²) in [7, 11) is 1.63. The highest BCUT2D eigenvalue weighted by molar-refractivity contribution is 6.31. The van der Waals surface area contributed by atoms with Gasteiger partial charge in [0.05, 0.1) is 13.3 Å². The van der Waals surface area contributed by atoms with Gasteiger partial charge in [0.15, 0.2) is 11.7 Å². The van der Waals surface area contributed by atoms with Gasteiger partial charge in [0.25, 0.3) is 0 Å². The number of methoxy groups -OCH3 is 1. The Hall–Kier alpha value is -2.79. The fourth-order valence-electron chi connectivity index (χ4n) is 3.14. The topological polar surface area (TPSA) is 64.4 Å². The summed E-state index contributed by atoms with van der Waals surface area (Å²) < 4.78 is 10.9. The number of aryl methyl sites for hydroxylation is 1. The van der Waals surface area contributed by atoms with Gasteiger partial charge in [-0.25, -0.2) is 4.98 Å². The molecule has 1 heterocycles. The van der Waals surface area contributed by atoms with E-state index in [4.69, 9.17) is 20.8 Å². The molecule has 0 saturated heterocycles. The SMILES string of the molecule is COc1ccc(-c2cnc(CCC(=O)NC(C)(C)Cc3ccccc3Cl)o2)cc1. The number of nitrogens with zero attached hydrogens (tertiary/aromatic N) is 1. The van der Waals surface area contributed by atoms with Crippen LogP contribution in [0.5, 0.6) is 5.75 Å². The lowest BCUT2D eigenvalue weighted by molar-refractivity contribution is -0.122. The maximum atomic E-state index is 12.4. The lowest BCUT2D eigenvalue weighted by Crippen LogP contribution is -2.45. The van der Waals surface area contributed by atoms with E-state index in [9.17, 15) is 4.79 Å². The minimum absolute atomic E-state index is 0.0498. The largest absolute Gasteiger partial charge is 0.497 e. The minimum atomic E-state index is -0.410. The van der Waals surface area contributed by atoms with Crippen molar-refractivity contribution in [2.75, 3.05) is 7.11 Å². The molecule has 1 amide bonds. The Morgan fingerprint density at radius 2 is 1.90 bits per heavy atom. The van der Waals surface area contributed by atoms with Crippen molar-refractivity contribution >= 4 is 17.5 Å². The monoisotopic (exact) mass is 412 g/mol. The summed E-state index contributed by atoms with van der Waals surface area (Å²) in [4.78, 5) is 16.7. The number of oxazole rings is 1. The van der Waals surface area contributed by atoms with Crippen LogP contribution < -0.4 is 10.1 Å². The average molecular weight is 413 g/mol. The fraction of sp³-hybridized carbons (Fsp3) is 0.304. The second-order valence-corrected chi connectivity index (χ2v) is 7.95. The molecule has 3 aromatic rings. The van der Waals surface area contributed by atoms with Gasteiger partial charge in [0.2, 0.25) is 5.91 Å². The van der Waals surface area contributed by atoms with Gasteiger partial charge in [0, 0.05) is 29.0 Å². The van der Waals surface area contributed by atoms with Crippen LogP contribution in [0.15, 0.2) is 59.1 Å². The van der Waals surface area contributed by atoms with Gasteiger partial charge < -0.3 is 14.5 Å². The van der Waals surface area contributed by atoms with E-state index < -0.39 is 5.54 Å². The minimum Gasteiger partial charge on any atom is -0.497 e. The molecule has 0 aliphatic carbocycles. The van der Waals surface area contributed by atoms with Crippen molar-refractivity contribution < 1.29 is 13.9 Å². The zero-order valence-electron chi connectivity index (χ0n) is 16.9. The van der Waals surface area contributed by atoms with Crippen molar-refractivity contribution in [1.82, 2.24) is 10.3 Å². The van der Waals surface area contributed by atoms with Gasteiger partial charge in [-0.2, -0.15) is 0 Å². The quantitative estimate of drug-likeness (QED) is 0.560. The first kappa shape index (κ1) is 20.9. The molecule has 2 aromatic carbocycles. The molecule has 0 aliphatic rings. The van der Waals surface area contributed by atoms with Crippen LogP contribution in [0.3, 0.4) is 0 Å². The first-order chi connectivity index (χ1) is 13.9. The summed E-state index contributed by atoms with van der Waals surface area (Å²) in [6.45, 7) is 3.97.